The standard InChI is InChI=1S/C41H74P2.Ru/c1-34(2)33-41(42(35-21-9-3-10-22-35,36-23-11-4-12-24-36)37-25-13-5-14-26-37)43(38-27-15-6-16-28-38,39-29-17-7-18-30-39)40-31-19-8-20-32-40;/h33,35-41H,3-32H2,1-2H3;/q+2;. The van der Waals surface area contributed by atoms with Gasteiger partial charge in [0.25, 0.3) is 0 Å². The van der Waals surface area contributed by atoms with Gasteiger partial charge in [0.05, 0.1) is 48.5 Å². The predicted octanol–water partition coefficient (Wildman–Crippen LogP) is 14.3. The molecule has 6 fully saturated rings. The van der Waals surface area contributed by atoms with Crippen LogP contribution in [0.4, 0.5) is 0 Å². The molecule has 0 unspecified atom stereocenters. The summed E-state index contributed by atoms with van der Waals surface area (Å²) in [7, 11) is -2.47. The molecule has 44 heavy (non-hydrogen) atoms. The quantitative estimate of drug-likeness (QED) is 0.126. The average molecular weight is 730 g/mol. The van der Waals surface area contributed by atoms with E-state index in [0.717, 1.165) is 39.4 Å². The van der Waals surface area contributed by atoms with Gasteiger partial charge < -0.3 is 0 Å². The van der Waals surface area contributed by atoms with E-state index in [1.165, 1.54) is 0 Å². The molecule has 0 atom stereocenters. The Morgan fingerprint density at radius 3 is 0.705 bits per heavy atom. The summed E-state index contributed by atoms with van der Waals surface area (Å²) in [5.74, 6) is 0. The monoisotopic (exact) mass is 730 g/mol. The van der Waals surface area contributed by atoms with Crippen LogP contribution in [0.25, 0.3) is 0 Å². The third-order valence-corrected chi connectivity index (χ3v) is 29.9. The van der Waals surface area contributed by atoms with Crippen molar-refractivity contribution >= 4 is 14.5 Å². The zero-order valence-electron chi connectivity index (χ0n) is 29.6. The Balaban J connectivity index is 0.00000384. The minimum absolute atomic E-state index is 0. The van der Waals surface area contributed by atoms with Crippen molar-refractivity contribution in [3.8, 4) is 0 Å². The molecule has 0 amide bonds. The zero-order valence-corrected chi connectivity index (χ0v) is 33.1. The fourth-order valence-corrected chi connectivity index (χ4v) is 34.2. The molecule has 0 aromatic rings. The fourth-order valence-electron chi connectivity index (χ4n) is 13.2. The molecule has 0 saturated heterocycles. The zero-order chi connectivity index (χ0) is 29.5. The molecule has 0 heterocycles. The topological polar surface area (TPSA) is 0 Å². The first kappa shape index (κ1) is 36.5. The van der Waals surface area contributed by atoms with Crippen LogP contribution in [0, 0.1) is 0 Å². The van der Waals surface area contributed by atoms with Crippen LogP contribution in [0.1, 0.15) is 206 Å². The summed E-state index contributed by atoms with van der Waals surface area (Å²) in [6, 6.07) is 0. The summed E-state index contributed by atoms with van der Waals surface area (Å²) in [6.07, 6.45) is 51.2. The molecule has 6 saturated carbocycles. The summed E-state index contributed by atoms with van der Waals surface area (Å²) in [5, 5.41) is 1.08. The van der Waals surface area contributed by atoms with Crippen molar-refractivity contribution in [2.45, 2.75) is 246 Å². The van der Waals surface area contributed by atoms with Crippen LogP contribution in [-0.2, 0) is 19.5 Å². The first-order valence-electron chi connectivity index (χ1n) is 20.6. The predicted molar refractivity (Wildman–Crippen MR) is 198 cm³/mol. The fraction of sp³-hybridized carbons (Fsp3) is 0.951. The average Bonchev–Trinajstić information content (AvgIpc) is 3.08. The SMILES string of the molecule is CC(C)=CC([P+](C1CCCCC1)(C1CCCCC1)C1CCCCC1)[P+](C1CCCCC1)(C1CCCCC1)C1CCCCC1.[Ru]. The summed E-state index contributed by atoms with van der Waals surface area (Å²) in [5.41, 5.74) is 8.60. The van der Waals surface area contributed by atoms with Crippen molar-refractivity contribution in [1.82, 2.24) is 0 Å². The molecule has 0 radical (unpaired) electrons. The van der Waals surface area contributed by atoms with E-state index in [0.29, 0.717) is 0 Å². The minimum atomic E-state index is -1.23. The van der Waals surface area contributed by atoms with Crippen LogP contribution >= 0.6 is 14.5 Å². The van der Waals surface area contributed by atoms with E-state index in [1.54, 1.807) is 198 Å². The second-order valence-corrected chi connectivity index (χ2v) is 26.7. The largest absolute Gasteiger partial charge is 0.188 e. The molecule has 0 aromatic carbocycles. The van der Waals surface area contributed by atoms with Gasteiger partial charge in [-0.3, -0.25) is 0 Å². The van der Waals surface area contributed by atoms with E-state index >= 15 is 0 Å². The minimum Gasteiger partial charge on any atom is -0.0727 e. The van der Waals surface area contributed by atoms with E-state index in [-0.39, 0.29) is 19.5 Å². The molecule has 6 rings (SSSR count). The number of allylic oxidation sites excluding steroid dienone is 2. The maximum Gasteiger partial charge on any atom is 0.188 e. The Labute approximate surface area is 290 Å². The third kappa shape index (κ3) is 7.52. The molecular formula is C41H74P2Ru+2. The van der Waals surface area contributed by atoms with Crippen molar-refractivity contribution in [3.63, 3.8) is 0 Å². The van der Waals surface area contributed by atoms with E-state index in [9.17, 15) is 0 Å². The van der Waals surface area contributed by atoms with Gasteiger partial charge >= 0.3 is 0 Å². The maximum atomic E-state index is 3.23. The Kier molecular flexibility index (Phi) is 14.7. The molecule has 0 N–H and O–H groups in total. The summed E-state index contributed by atoms with van der Waals surface area (Å²) in [6.45, 7) is 5.17. The van der Waals surface area contributed by atoms with E-state index < -0.39 is 14.5 Å². The summed E-state index contributed by atoms with van der Waals surface area (Å²) >= 11 is 0. The van der Waals surface area contributed by atoms with Crippen LogP contribution in [0.5, 0.6) is 0 Å². The smallest absolute Gasteiger partial charge is 0.0727 e. The maximum absolute atomic E-state index is 3.23. The molecule has 6 aliphatic carbocycles. The van der Waals surface area contributed by atoms with Crippen LogP contribution < -0.4 is 0 Å². The number of hydrogen-bond acceptors (Lipinski definition) is 0. The van der Waals surface area contributed by atoms with Gasteiger partial charge in [-0.1, -0.05) is 44.1 Å². The molecule has 6 aliphatic rings. The van der Waals surface area contributed by atoms with Crippen molar-refractivity contribution in [2.24, 2.45) is 0 Å². The van der Waals surface area contributed by atoms with Crippen LogP contribution in [0.15, 0.2) is 11.6 Å². The van der Waals surface area contributed by atoms with Gasteiger partial charge in [0.2, 0.25) is 0 Å². The molecule has 0 nitrogen and oxygen atoms in total. The molecule has 3 heteroatoms. The van der Waals surface area contributed by atoms with Gasteiger partial charge in [-0.2, -0.15) is 0 Å². The molecule has 0 spiro atoms. The summed E-state index contributed by atoms with van der Waals surface area (Å²) < 4.78 is 0. The number of hydrogen-bond donors (Lipinski definition) is 0. The van der Waals surface area contributed by atoms with Crippen LogP contribution in [0.2, 0.25) is 0 Å². The van der Waals surface area contributed by atoms with Gasteiger partial charge in [-0.05, 0) is 174 Å². The second kappa shape index (κ2) is 17.8. The van der Waals surface area contributed by atoms with Crippen LogP contribution in [0.3, 0.4) is 0 Å². The third-order valence-electron chi connectivity index (χ3n) is 14.6. The molecular weight excluding hydrogens is 655 g/mol. The van der Waals surface area contributed by atoms with Crippen molar-refractivity contribution in [1.29, 1.82) is 0 Å². The Bertz CT molecular complexity index is 689. The Morgan fingerprint density at radius 1 is 0.364 bits per heavy atom. The van der Waals surface area contributed by atoms with Crippen molar-refractivity contribution in [3.05, 3.63) is 11.6 Å². The molecule has 0 bridgehead atoms. The van der Waals surface area contributed by atoms with Gasteiger partial charge in [-0.15, -0.1) is 0 Å². The van der Waals surface area contributed by atoms with Gasteiger partial charge in [0, 0.05) is 19.5 Å². The Morgan fingerprint density at radius 2 is 0.545 bits per heavy atom. The molecule has 0 aromatic heterocycles. The molecule has 254 valence electrons. The second-order valence-electron chi connectivity index (χ2n) is 17.2. The van der Waals surface area contributed by atoms with E-state index in [4.69, 9.17) is 0 Å². The van der Waals surface area contributed by atoms with Crippen LogP contribution in [-0.4, -0.2) is 39.4 Å². The summed E-state index contributed by atoms with van der Waals surface area (Å²) in [4.78, 5) is 0. The van der Waals surface area contributed by atoms with E-state index in [2.05, 4.69) is 19.9 Å². The first-order valence-corrected chi connectivity index (χ1v) is 24.7. The van der Waals surface area contributed by atoms with Gasteiger partial charge in [0.15, 0.2) is 5.40 Å². The Hall–Kier alpha value is 1.22. The van der Waals surface area contributed by atoms with E-state index in [1.807, 2.05) is 0 Å². The van der Waals surface area contributed by atoms with Crippen molar-refractivity contribution in [2.75, 3.05) is 0 Å². The van der Waals surface area contributed by atoms with Crippen molar-refractivity contribution < 1.29 is 19.5 Å². The molecule has 0 aliphatic heterocycles. The number of rotatable bonds is 9. The first-order chi connectivity index (χ1) is 21.2. The van der Waals surface area contributed by atoms with Gasteiger partial charge in [-0.25, -0.2) is 0 Å². The van der Waals surface area contributed by atoms with Gasteiger partial charge in [0.1, 0.15) is 0 Å². The normalized spacial score (nSPS) is 27.2.